The van der Waals surface area contributed by atoms with Crippen molar-refractivity contribution in [3.05, 3.63) is 54.1 Å². The van der Waals surface area contributed by atoms with Crippen molar-refractivity contribution in [2.45, 2.75) is 4.90 Å². The molecule has 22 heavy (non-hydrogen) atoms. The molecule has 0 heterocycles. The van der Waals surface area contributed by atoms with Gasteiger partial charge in [0, 0.05) is 7.05 Å². The van der Waals surface area contributed by atoms with Crippen LogP contribution in [-0.2, 0) is 10.0 Å². The largest absolute Gasteiger partial charge is 0.497 e. The third kappa shape index (κ3) is 3.04. The maximum absolute atomic E-state index is 12.6. The van der Waals surface area contributed by atoms with Crippen LogP contribution in [0.4, 0.5) is 5.69 Å². The maximum atomic E-state index is 12.6. The molecule has 2 rings (SSSR count). The van der Waals surface area contributed by atoms with E-state index in [9.17, 15) is 13.2 Å². The minimum absolute atomic E-state index is 0.0225. The first kappa shape index (κ1) is 15.8. The van der Waals surface area contributed by atoms with Gasteiger partial charge in [0.15, 0.2) is 0 Å². The Balaban J connectivity index is 2.39. The Bertz CT molecular complexity index is 784. The lowest BCUT2D eigenvalue weighted by Crippen LogP contribution is -2.26. The standard InChI is InChI=1S/C15H15NO5S/c1-16(12-5-3-4-11(10-12)15(17)18)22(19,20)14-8-6-13(21-2)7-9-14/h3-10H,1-2H3,(H,17,18). The van der Waals surface area contributed by atoms with Crippen LogP contribution >= 0.6 is 0 Å². The Labute approximate surface area is 128 Å². The summed E-state index contributed by atoms with van der Waals surface area (Å²) < 4.78 is 31.1. The summed E-state index contributed by atoms with van der Waals surface area (Å²) in [6.45, 7) is 0. The van der Waals surface area contributed by atoms with Gasteiger partial charge in [-0.1, -0.05) is 6.07 Å². The van der Waals surface area contributed by atoms with E-state index in [1.807, 2.05) is 0 Å². The van der Waals surface area contributed by atoms with Gasteiger partial charge in [0.1, 0.15) is 5.75 Å². The molecule has 0 radical (unpaired) electrons. The fourth-order valence-electron chi connectivity index (χ4n) is 1.88. The average Bonchev–Trinajstić information content (AvgIpc) is 2.54. The zero-order valence-electron chi connectivity index (χ0n) is 12.1. The molecule has 0 bridgehead atoms. The number of sulfonamides is 1. The van der Waals surface area contributed by atoms with Crippen LogP contribution in [-0.4, -0.2) is 33.7 Å². The van der Waals surface area contributed by atoms with E-state index in [0.717, 1.165) is 4.31 Å². The van der Waals surface area contributed by atoms with Gasteiger partial charge in [-0.3, -0.25) is 4.31 Å². The molecule has 0 saturated heterocycles. The minimum atomic E-state index is -3.77. The number of carboxylic acid groups (broad SMARTS) is 1. The molecule has 6 nitrogen and oxygen atoms in total. The van der Waals surface area contributed by atoms with Gasteiger partial charge in [0.05, 0.1) is 23.3 Å². The summed E-state index contributed by atoms with van der Waals surface area (Å²) in [4.78, 5) is 11.1. The molecule has 0 aliphatic carbocycles. The van der Waals surface area contributed by atoms with Gasteiger partial charge in [-0.25, -0.2) is 13.2 Å². The first-order valence-electron chi connectivity index (χ1n) is 6.32. The number of carboxylic acids is 1. The predicted octanol–water partition coefficient (Wildman–Crippen LogP) is 2.22. The van der Waals surface area contributed by atoms with Crippen molar-refractivity contribution < 1.29 is 23.1 Å². The van der Waals surface area contributed by atoms with Gasteiger partial charge in [-0.15, -0.1) is 0 Å². The molecule has 0 atom stereocenters. The van der Waals surface area contributed by atoms with E-state index >= 15 is 0 Å². The number of carbonyl (C=O) groups is 1. The highest BCUT2D eigenvalue weighted by molar-refractivity contribution is 7.92. The molecule has 0 saturated carbocycles. The number of hydrogen-bond donors (Lipinski definition) is 1. The van der Waals surface area contributed by atoms with Crippen molar-refractivity contribution in [2.75, 3.05) is 18.5 Å². The van der Waals surface area contributed by atoms with E-state index in [1.54, 1.807) is 12.1 Å². The van der Waals surface area contributed by atoms with Crippen LogP contribution < -0.4 is 9.04 Å². The lowest BCUT2D eigenvalue weighted by atomic mass is 10.2. The zero-order valence-corrected chi connectivity index (χ0v) is 12.9. The molecule has 0 fully saturated rings. The molecule has 116 valence electrons. The third-order valence-corrected chi connectivity index (χ3v) is 4.97. The monoisotopic (exact) mass is 321 g/mol. The quantitative estimate of drug-likeness (QED) is 0.913. The smallest absolute Gasteiger partial charge is 0.335 e. The Hall–Kier alpha value is -2.54. The second-order valence-electron chi connectivity index (χ2n) is 4.50. The Morgan fingerprint density at radius 1 is 1.14 bits per heavy atom. The molecule has 0 unspecified atom stereocenters. The fraction of sp³-hybridized carbons (Fsp3) is 0.133. The van der Waals surface area contributed by atoms with Crippen molar-refractivity contribution in [1.82, 2.24) is 0 Å². The Kier molecular flexibility index (Phi) is 4.37. The van der Waals surface area contributed by atoms with Crippen molar-refractivity contribution >= 4 is 21.7 Å². The molecule has 2 aromatic carbocycles. The number of benzene rings is 2. The number of aromatic carboxylic acids is 1. The van der Waals surface area contributed by atoms with Gasteiger partial charge in [-0.2, -0.15) is 0 Å². The molecule has 0 aliphatic rings. The van der Waals surface area contributed by atoms with E-state index in [1.165, 1.54) is 50.6 Å². The second kappa shape index (κ2) is 6.07. The van der Waals surface area contributed by atoms with Crippen molar-refractivity contribution in [3.63, 3.8) is 0 Å². The van der Waals surface area contributed by atoms with E-state index in [2.05, 4.69) is 0 Å². The topological polar surface area (TPSA) is 83.9 Å². The summed E-state index contributed by atoms with van der Waals surface area (Å²) in [5.41, 5.74) is 0.296. The number of methoxy groups -OCH3 is 1. The van der Waals surface area contributed by atoms with E-state index in [-0.39, 0.29) is 16.1 Å². The molecular weight excluding hydrogens is 306 g/mol. The van der Waals surface area contributed by atoms with Crippen LogP contribution in [0.1, 0.15) is 10.4 Å². The summed E-state index contributed by atoms with van der Waals surface area (Å²) >= 11 is 0. The molecule has 0 aliphatic heterocycles. The average molecular weight is 321 g/mol. The van der Waals surface area contributed by atoms with Gasteiger partial charge in [-0.05, 0) is 42.5 Å². The van der Waals surface area contributed by atoms with Crippen LogP contribution in [0.3, 0.4) is 0 Å². The molecule has 2 aromatic rings. The fourth-order valence-corrected chi connectivity index (χ4v) is 3.07. The third-order valence-electron chi connectivity index (χ3n) is 3.17. The molecule has 1 N–H and O–H groups in total. The Morgan fingerprint density at radius 2 is 1.77 bits per heavy atom. The van der Waals surface area contributed by atoms with E-state index < -0.39 is 16.0 Å². The summed E-state index contributed by atoms with van der Waals surface area (Å²) in [7, 11) is -0.906. The van der Waals surface area contributed by atoms with Gasteiger partial charge in [0.2, 0.25) is 0 Å². The summed E-state index contributed by atoms with van der Waals surface area (Å²) in [5.74, 6) is -0.563. The van der Waals surface area contributed by atoms with E-state index in [4.69, 9.17) is 9.84 Å². The summed E-state index contributed by atoms with van der Waals surface area (Å²) in [6.07, 6.45) is 0. The highest BCUT2D eigenvalue weighted by atomic mass is 32.2. The number of nitrogens with zero attached hydrogens (tertiary/aromatic N) is 1. The second-order valence-corrected chi connectivity index (χ2v) is 6.47. The predicted molar refractivity (Wildman–Crippen MR) is 82.0 cm³/mol. The number of ether oxygens (including phenoxy) is 1. The van der Waals surface area contributed by atoms with E-state index in [0.29, 0.717) is 5.75 Å². The summed E-state index contributed by atoms with van der Waals surface area (Å²) in [6, 6.07) is 11.7. The molecular formula is C15H15NO5S. The van der Waals surface area contributed by atoms with Gasteiger partial charge >= 0.3 is 5.97 Å². The van der Waals surface area contributed by atoms with Crippen molar-refractivity contribution in [2.24, 2.45) is 0 Å². The number of anilines is 1. The first-order valence-corrected chi connectivity index (χ1v) is 7.76. The first-order chi connectivity index (χ1) is 10.4. The molecule has 0 amide bonds. The van der Waals surface area contributed by atoms with Crippen LogP contribution in [0.15, 0.2) is 53.4 Å². The van der Waals surface area contributed by atoms with Gasteiger partial charge < -0.3 is 9.84 Å². The van der Waals surface area contributed by atoms with Crippen LogP contribution in [0, 0.1) is 0 Å². The normalized spacial score (nSPS) is 11.0. The van der Waals surface area contributed by atoms with Crippen molar-refractivity contribution in [1.29, 1.82) is 0 Å². The highest BCUT2D eigenvalue weighted by Crippen LogP contribution is 2.24. The molecule has 0 spiro atoms. The highest BCUT2D eigenvalue weighted by Gasteiger charge is 2.22. The van der Waals surface area contributed by atoms with Crippen LogP contribution in [0.2, 0.25) is 0 Å². The van der Waals surface area contributed by atoms with Crippen LogP contribution in [0.25, 0.3) is 0 Å². The number of rotatable bonds is 5. The lowest BCUT2D eigenvalue weighted by molar-refractivity contribution is 0.0697. The zero-order chi connectivity index (χ0) is 16.3. The lowest BCUT2D eigenvalue weighted by Gasteiger charge is -2.20. The summed E-state index contributed by atoms with van der Waals surface area (Å²) in [5, 5.41) is 8.99. The van der Waals surface area contributed by atoms with Crippen molar-refractivity contribution in [3.8, 4) is 5.75 Å². The SMILES string of the molecule is COc1ccc(S(=O)(=O)N(C)c2cccc(C(=O)O)c2)cc1. The minimum Gasteiger partial charge on any atom is -0.497 e. The number of hydrogen-bond acceptors (Lipinski definition) is 4. The Morgan fingerprint density at radius 3 is 2.32 bits per heavy atom. The van der Waals surface area contributed by atoms with Gasteiger partial charge in [0.25, 0.3) is 10.0 Å². The maximum Gasteiger partial charge on any atom is 0.335 e. The molecule has 7 heteroatoms. The van der Waals surface area contributed by atoms with Crippen LogP contribution in [0.5, 0.6) is 5.75 Å². The molecule has 0 aromatic heterocycles.